The molecule has 0 atom stereocenters. The van der Waals surface area contributed by atoms with Gasteiger partial charge in [-0.3, -0.25) is 4.72 Å². The van der Waals surface area contributed by atoms with Crippen LogP contribution >= 0.6 is 23.2 Å². The van der Waals surface area contributed by atoms with Crippen molar-refractivity contribution in [3.05, 3.63) is 76.8 Å². The Morgan fingerprint density at radius 1 is 0.828 bits per heavy atom. The molecule has 2 N–H and O–H groups in total. The van der Waals surface area contributed by atoms with Gasteiger partial charge in [-0.1, -0.05) is 47.5 Å². The highest BCUT2D eigenvalue weighted by Crippen LogP contribution is 2.29. The molecule has 7 nitrogen and oxygen atoms in total. The largest absolute Gasteiger partial charge is 0.280 e. The molecule has 0 aliphatic heterocycles. The van der Waals surface area contributed by atoms with Crippen molar-refractivity contribution in [3.8, 4) is 22.5 Å². The maximum Gasteiger partial charge on any atom is 0.261 e. The number of aromatic nitrogens is 4. The summed E-state index contributed by atoms with van der Waals surface area (Å²) >= 11 is 12.1. The summed E-state index contributed by atoms with van der Waals surface area (Å²) in [5.74, 6) is 0.367. The van der Waals surface area contributed by atoms with E-state index in [4.69, 9.17) is 23.2 Å². The number of anilines is 1. The SMILES string of the molecule is O=S(=O)(Nc1cccc(-c2nn[nH]n2)c1)c1cccc(-c2cc(Cl)cc(Cl)c2)c1. The molecule has 0 bridgehead atoms. The summed E-state index contributed by atoms with van der Waals surface area (Å²) < 4.78 is 28.4. The molecule has 3 aromatic carbocycles. The van der Waals surface area contributed by atoms with Gasteiger partial charge in [-0.05, 0) is 58.8 Å². The van der Waals surface area contributed by atoms with Crippen molar-refractivity contribution in [3.63, 3.8) is 0 Å². The van der Waals surface area contributed by atoms with Crippen LogP contribution in [0.2, 0.25) is 10.0 Å². The van der Waals surface area contributed by atoms with Gasteiger partial charge >= 0.3 is 0 Å². The molecule has 10 heteroatoms. The first-order valence-electron chi connectivity index (χ1n) is 8.34. The molecule has 0 unspecified atom stereocenters. The van der Waals surface area contributed by atoms with Crippen LogP contribution in [0, 0.1) is 0 Å². The van der Waals surface area contributed by atoms with Gasteiger partial charge in [0.15, 0.2) is 0 Å². The number of halogens is 2. The number of rotatable bonds is 5. The molecule has 146 valence electrons. The third-order valence-electron chi connectivity index (χ3n) is 4.06. The molecule has 0 saturated carbocycles. The number of nitrogens with zero attached hydrogens (tertiary/aromatic N) is 3. The Kier molecular flexibility index (Phi) is 5.23. The highest BCUT2D eigenvalue weighted by atomic mass is 35.5. The lowest BCUT2D eigenvalue weighted by molar-refractivity contribution is 0.601. The van der Waals surface area contributed by atoms with E-state index in [1.807, 2.05) is 0 Å². The molecule has 0 aliphatic carbocycles. The number of benzene rings is 3. The molecule has 0 spiro atoms. The summed E-state index contributed by atoms with van der Waals surface area (Å²) in [7, 11) is -3.83. The quantitative estimate of drug-likeness (QED) is 0.465. The van der Waals surface area contributed by atoms with E-state index in [1.54, 1.807) is 60.7 Å². The van der Waals surface area contributed by atoms with E-state index >= 15 is 0 Å². The Bertz CT molecular complexity index is 1260. The highest BCUT2D eigenvalue weighted by Gasteiger charge is 2.16. The monoisotopic (exact) mass is 445 g/mol. The Labute approximate surface area is 176 Å². The first kappa shape index (κ1) is 19.4. The number of H-pyrrole nitrogens is 1. The van der Waals surface area contributed by atoms with Crippen LogP contribution in [0.3, 0.4) is 0 Å². The zero-order chi connectivity index (χ0) is 20.4. The van der Waals surface area contributed by atoms with Gasteiger partial charge in [0.1, 0.15) is 0 Å². The van der Waals surface area contributed by atoms with Crippen LogP contribution in [-0.4, -0.2) is 29.0 Å². The first-order chi connectivity index (χ1) is 13.9. The number of hydrogen-bond donors (Lipinski definition) is 2. The lowest BCUT2D eigenvalue weighted by Crippen LogP contribution is -2.13. The summed E-state index contributed by atoms with van der Waals surface area (Å²) in [5, 5.41) is 14.6. The van der Waals surface area contributed by atoms with Crippen molar-refractivity contribution < 1.29 is 8.42 Å². The van der Waals surface area contributed by atoms with E-state index in [0.29, 0.717) is 32.7 Å². The van der Waals surface area contributed by atoms with Gasteiger partial charge in [0, 0.05) is 21.3 Å². The maximum absolute atomic E-state index is 12.9. The zero-order valence-electron chi connectivity index (χ0n) is 14.7. The van der Waals surface area contributed by atoms with Gasteiger partial charge in [0.2, 0.25) is 5.82 Å². The van der Waals surface area contributed by atoms with Crippen molar-refractivity contribution in [2.45, 2.75) is 4.90 Å². The van der Waals surface area contributed by atoms with E-state index in [9.17, 15) is 8.42 Å². The molecule has 0 fully saturated rings. The molecule has 1 aromatic heterocycles. The van der Waals surface area contributed by atoms with Gasteiger partial charge in [0.25, 0.3) is 10.0 Å². The maximum atomic E-state index is 12.9. The van der Waals surface area contributed by atoms with E-state index < -0.39 is 10.0 Å². The molecule has 0 saturated heterocycles. The van der Waals surface area contributed by atoms with Crippen LogP contribution in [0.25, 0.3) is 22.5 Å². The van der Waals surface area contributed by atoms with E-state index in [0.717, 1.165) is 5.56 Å². The minimum Gasteiger partial charge on any atom is -0.280 e. The summed E-state index contributed by atoms with van der Waals surface area (Å²) in [5.41, 5.74) is 2.40. The number of nitrogens with one attached hydrogen (secondary N) is 2. The van der Waals surface area contributed by atoms with E-state index in [-0.39, 0.29) is 4.90 Å². The average Bonchev–Trinajstić information content (AvgIpc) is 3.22. The lowest BCUT2D eigenvalue weighted by Gasteiger charge is -2.11. The molecule has 0 amide bonds. The minimum absolute atomic E-state index is 0.107. The molecule has 1 heterocycles. The van der Waals surface area contributed by atoms with Gasteiger partial charge in [-0.2, -0.15) is 5.21 Å². The van der Waals surface area contributed by atoms with Crippen LogP contribution in [-0.2, 0) is 10.0 Å². The number of tetrazole rings is 1. The van der Waals surface area contributed by atoms with Crippen LogP contribution in [0.4, 0.5) is 5.69 Å². The highest BCUT2D eigenvalue weighted by molar-refractivity contribution is 7.92. The average molecular weight is 446 g/mol. The second kappa shape index (κ2) is 7.82. The second-order valence-electron chi connectivity index (χ2n) is 6.11. The standard InChI is InChI=1S/C19H13Cl2N5O2S/c20-15-7-14(8-16(21)11-15)12-3-2-6-18(10-12)29(27,28)24-17-5-1-4-13(9-17)19-22-25-26-23-19/h1-11,24H,(H,22,23,25,26). The number of aromatic amines is 1. The topological polar surface area (TPSA) is 101 Å². The molecular formula is C19H13Cl2N5O2S. The molecule has 4 aromatic rings. The predicted octanol–water partition coefficient (Wildman–Crippen LogP) is 4.64. The molecule has 4 rings (SSSR count). The first-order valence-corrected chi connectivity index (χ1v) is 10.6. The van der Waals surface area contributed by atoms with E-state index in [2.05, 4.69) is 25.3 Å². The molecule has 0 radical (unpaired) electrons. The number of hydrogen-bond acceptors (Lipinski definition) is 5. The second-order valence-corrected chi connectivity index (χ2v) is 8.66. The molecule has 0 aliphatic rings. The van der Waals surface area contributed by atoms with Crippen molar-refractivity contribution in [1.82, 2.24) is 20.6 Å². The molecule has 29 heavy (non-hydrogen) atoms. The van der Waals surface area contributed by atoms with Gasteiger partial charge < -0.3 is 0 Å². The fourth-order valence-corrected chi connectivity index (χ4v) is 4.40. The smallest absolute Gasteiger partial charge is 0.261 e. The summed E-state index contributed by atoms with van der Waals surface area (Å²) in [6, 6.07) is 18.3. The van der Waals surface area contributed by atoms with Gasteiger partial charge in [-0.15, -0.1) is 10.2 Å². The van der Waals surface area contributed by atoms with Crippen molar-refractivity contribution >= 4 is 38.9 Å². The Morgan fingerprint density at radius 3 is 2.28 bits per heavy atom. The third-order valence-corrected chi connectivity index (χ3v) is 5.87. The van der Waals surface area contributed by atoms with Gasteiger partial charge in [0.05, 0.1) is 4.90 Å². The summed E-state index contributed by atoms with van der Waals surface area (Å²) in [6.07, 6.45) is 0. The summed E-state index contributed by atoms with van der Waals surface area (Å²) in [4.78, 5) is 0.107. The van der Waals surface area contributed by atoms with Crippen molar-refractivity contribution in [2.75, 3.05) is 4.72 Å². The summed E-state index contributed by atoms with van der Waals surface area (Å²) in [6.45, 7) is 0. The Morgan fingerprint density at radius 2 is 1.55 bits per heavy atom. The fraction of sp³-hybridized carbons (Fsp3) is 0. The normalized spacial score (nSPS) is 11.4. The Hall–Kier alpha value is -2.94. The van der Waals surface area contributed by atoms with E-state index in [1.165, 1.54) is 6.07 Å². The van der Waals surface area contributed by atoms with Crippen LogP contribution in [0.5, 0.6) is 0 Å². The van der Waals surface area contributed by atoms with Gasteiger partial charge in [-0.25, -0.2) is 8.42 Å². The lowest BCUT2D eigenvalue weighted by atomic mass is 10.1. The Balaban J connectivity index is 1.65. The van der Waals surface area contributed by atoms with Crippen LogP contribution in [0.15, 0.2) is 71.6 Å². The minimum atomic E-state index is -3.83. The fourth-order valence-electron chi connectivity index (χ4n) is 2.78. The van der Waals surface area contributed by atoms with Crippen molar-refractivity contribution in [2.24, 2.45) is 0 Å². The number of sulfonamides is 1. The van der Waals surface area contributed by atoms with Crippen LogP contribution in [0.1, 0.15) is 0 Å². The zero-order valence-corrected chi connectivity index (χ0v) is 17.0. The van der Waals surface area contributed by atoms with Crippen molar-refractivity contribution in [1.29, 1.82) is 0 Å². The third kappa shape index (κ3) is 4.40. The molecular weight excluding hydrogens is 433 g/mol. The predicted molar refractivity (Wildman–Crippen MR) is 112 cm³/mol. The van der Waals surface area contributed by atoms with Crippen LogP contribution < -0.4 is 4.72 Å².